The fraction of sp³-hybridized carbons (Fsp3) is 0.647. The molecule has 112 valence electrons. The molecule has 1 heterocycles. The second-order valence-electron chi connectivity index (χ2n) is 6.98. The van der Waals surface area contributed by atoms with Crippen LogP contribution in [-0.4, -0.2) is 41.3 Å². The minimum Gasteiger partial charge on any atom is -0.389 e. The summed E-state index contributed by atoms with van der Waals surface area (Å²) in [6, 6.07) is 10.1. The summed E-state index contributed by atoms with van der Waals surface area (Å²) < 4.78 is 5.59. The van der Waals surface area contributed by atoms with Crippen molar-refractivity contribution < 1.29 is 9.84 Å². The van der Waals surface area contributed by atoms with E-state index in [-0.39, 0.29) is 5.54 Å². The molecule has 0 amide bonds. The first kappa shape index (κ1) is 15.5. The van der Waals surface area contributed by atoms with E-state index in [1.54, 1.807) is 0 Å². The molecule has 0 aromatic heterocycles. The summed E-state index contributed by atoms with van der Waals surface area (Å²) in [5, 5.41) is 10.1. The van der Waals surface area contributed by atoms with Crippen molar-refractivity contribution >= 4 is 0 Å². The lowest BCUT2D eigenvalue weighted by molar-refractivity contribution is -0.137. The number of ether oxygens (including phenoxy) is 1. The minimum atomic E-state index is -0.422. The van der Waals surface area contributed by atoms with Crippen LogP contribution in [0.25, 0.3) is 0 Å². The molecule has 2 rings (SSSR count). The number of hydrogen-bond acceptors (Lipinski definition) is 3. The van der Waals surface area contributed by atoms with Gasteiger partial charge >= 0.3 is 0 Å². The molecule has 1 unspecified atom stereocenters. The van der Waals surface area contributed by atoms with Crippen molar-refractivity contribution in [3.05, 3.63) is 35.9 Å². The number of nitrogens with zero attached hydrogens (tertiary/aromatic N) is 1. The number of rotatable bonds is 6. The first-order valence-corrected chi connectivity index (χ1v) is 7.38. The zero-order valence-corrected chi connectivity index (χ0v) is 13.1. The first-order valence-electron chi connectivity index (χ1n) is 7.38. The SMILES string of the molecule is CC1(C)CN(CC(O)COCc2ccccc2)C1(C)C. The van der Waals surface area contributed by atoms with E-state index >= 15 is 0 Å². The van der Waals surface area contributed by atoms with Crippen LogP contribution in [0.15, 0.2) is 30.3 Å². The Morgan fingerprint density at radius 3 is 2.40 bits per heavy atom. The minimum absolute atomic E-state index is 0.146. The van der Waals surface area contributed by atoms with Crippen LogP contribution in [0.2, 0.25) is 0 Å². The normalized spacial score (nSPS) is 22.2. The van der Waals surface area contributed by atoms with Crippen molar-refractivity contribution in [1.29, 1.82) is 0 Å². The third kappa shape index (κ3) is 3.22. The van der Waals surface area contributed by atoms with Gasteiger partial charge in [-0.1, -0.05) is 44.2 Å². The Hall–Kier alpha value is -0.900. The molecule has 1 fully saturated rings. The lowest BCUT2D eigenvalue weighted by Crippen LogP contribution is -2.70. The fourth-order valence-corrected chi connectivity index (χ4v) is 2.69. The Bertz CT molecular complexity index is 428. The molecule has 1 aromatic carbocycles. The Kier molecular flexibility index (Phi) is 4.52. The summed E-state index contributed by atoms with van der Waals surface area (Å²) in [6.45, 7) is 11.7. The van der Waals surface area contributed by atoms with Gasteiger partial charge in [-0.25, -0.2) is 0 Å². The Balaban J connectivity index is 1.70. The van der Waals surface area contributed by atoms with Gasteiger partial charge in [0.1, 0.15) is 0 Å². The second-order valence-corrected chi connectivity index (χ2v) is 6.98. The van der Waals surface area contributed by atoms with E-state index in [9.17, 15) is 5.11 Å². The summed E-state index contributed by atoms with van der Waals surface area (Å²) in [5.41, 5.74) is 1.61. The van der Waals surface area contributed by atoms with Crippen LogP contribution in [0.4, 0.5) is 0 Å². The van der Waals surface area contributed by atoms with Gasteiger partial charge in [-0.15, -0.1) is 0 Å². The molecular formula is C17H27NO2. The monoisotopic (exact) mass is 277 g/mol. The highest BCUT2D eigenvalue weighted by Gasteiger charge is 2.52. The molecule has 1 aliphatic heterocycles. The average Bonchev–Trinajstić information content (AvgIpc) is 2.39. The number of hydrogen-bond donors (Lipinski definition) is 1. The van der Waals surface area contributed by atoms with Crippen LogP contribution >= 0.6 is 0 Å². The molecule has 1 saturated heterocycles. The van der Waals surface area contributed by atoms with Gasteiger partial charge in [0.05, 0.1) is 19.3 Å². The lowest BCUT2D eigenvalue weighted by Gasteiger charge is -2.62. The zero-order chi connectivity index (χ0) is 14.8. The highest BCUT2D eigenvalue weighted by atomic mass is 16.5. The number of benzene rings is 1. The third-order valence-electron chi connectivity index (χ3n) is 4.89. The van der Waals surface area contributed by atoms with Crippen LogP contribution in [0.3, 0.4) is 0 Å². The standard InChI is InChI=1S/C17H27NO2/c1-16(2)13-18(17(16,3)4)10-15(19)12-20-11-14-8-6-5-7-9-14/h5-9,15,19H,10-13H2,1-4H3. The predicted octanol–water partition coefficient (Wildman–Crippen LogP) is 2.68. The molecule has 1 N–H and O–H groups in total. The quantitative estimate of drug-likeness (QED) is 0.868. The zero-order valence-electron chi connectivity index (χ0n) is 13.1. The topological polar surface area (TPSA) is 32.7 Å². The van der Waals surface area contributed by atoms with Crippen LogP contribution in [-0.2, 0) is 11.3 Å². The summed E-state index contributed by atoms with van der Waals surface area (Å²) in [7, 11) is 0. The van der Waals surface area contributed by atoms with Gasteiger partial charge in [0.2, 0.25) is 0 Å². The number of aliphatic hydroxyl groups excluding tert-OH is 1. The van der Waals surface area contributed by atoms with Crippen molar-refractivity contribution in [2.24, 2.45) is 5.41 Å². The highest BCUT2D eigenvalue weighted by molar-refractivity contribution is 5.13. The van der Waals surface area contributed by atoms with Crippen LogP contribution in [0.5, 0.6) is 0 Å². The Morgan fingerprint density at radius 1 is 1.20 bits per heavy atom. The van der Waals surface area contributed by atoms with Gasteiger partial charge < -0.3 is 9.84 Å². The second kappa shape index (κ2) is 5.84. The maximum Gasteiger partial charge on any atom is 0.0900 e. The van der Waals surface area contributed by atoms with Crippen molar-refractivity contribution in [2.45, 2.75) is 45.9 Å². The van der Waals surface area contributed by atoms with Gasteiger partial charge in [0, 0.05) is 18.6 Å². The maximum atomic E-state index is 10.1. The average molecular weight is 277 g/mol. The van der Waals surface area contributed by atoms with E-state index in [1.807, 2.05) is 30.3 Å². The lowest BCUT2D eigenvalue weighted by atomic mass is 9.65. The fourth-order valence-electron chi connectivity index (χ4n) is 2.69. The third-order valence-corrected chi connectivity index (χ3v) is 4.89. The van der Waals surface area contributed by atoms with E-state index in [2.05, 4.69) is 32.6 Å². The van der Waals surface area contributed by atoms with E-state index in [0.29, 0.717) is 25.2 Å². The number of β-amino-alcohol motifs (C(OH)–C–C–N with tert-alkyl or cyclic N) is 1. The van der Waals surface area contributed by atoms with Gasteiger partial charge in [-0.05, 0) is 24.8 Å². The molecule has 0 radical (unpaired) electrons. The predicted molar refractivity (Wildman–Crippen MR) is 81.5 cm³/mol. The molecule has 0 aliphatic carbocycles. The van der Waals surface area contributed by atoms with E-state index in [4.69, 9.17) is 4.74 Å². The smallest absolute Gasteiger partial charge is 0.0900 e. The Labute approximate surface area is 122 Å². The largest absolute Gasteiger partial charge is 0.389 e. The maximum absolute atomic E-state index is 10.1. The van der Waals surface area contributed by atoms with Crippen molar-refractivity contribution in [3.8, 4) is 0 Å². The van der Waals surface area contributed by atoms with Crippen LogP contribution < -0.4 is 0 Å². The van der Waals surface area contributed by atoms with Gasteiger partial charge in [-0.3, -0.25) is 4.90 Å². The number of likely N-dealkylation sites (tertiary alicyclic amines) is 1. The molecule has 1 aromatic rings. The summed E-state index contributed by atoms with van der Waals surface area (Å²) in [6.07, 6.45) is -0.422. The molecular weight excluding hydrogens is 250 g/mol. The van der Waals surface area contributed by atoms with E-state index in [0.717, 1.165) is 12.1 Å². The number of aliphatic hydroxyl groups is 1. The van der Waals surface area contributed by atoms with E-state index < -0.39 is 6.10 Å². The highest BCUT2D eigenvalue weighted by Crippen LogP contribution is 2.46. The van der Waals surface area contributed by atoms with Crippen LogP contribution in [0.1, 0.15) is 33.3 Å². The molecule has 1 atom stereocenters. The summed E-state index contributed by atoms with van der Waals surface area (Å²) in [5.74, 6) is 0. The van der Waals surface area contributed by atoms with Crippen LogP contribution in [0, 0.1) is 5.41 Å². The molecule has 0 saturated carbocycles. The van der Waals surface area contributed by atoms with Gasteiger partial charge in [-0.2, -0.15) is 0 Å². The molecule has 20 heavy (non-hydrogen) atoms. The van der Waals surface area contributed by atoms with Crippen molar-refractivity contribution in [2.75, 3.05) is 19.7 Å². The summed E-state index contributed by atoms with van der Waals surface area (Å²) in [4.78, 5) is 2.34. The molecule has 3 heteroatoms. The van der Waals surface area contributed by atoms with Gasteiger partial charge in [0.15, 0.2) is 0 Å². The molecule has 0 spiro atoms. The first-order chi connectivity index (χ1) is 9.33. The summed E-state index contributed by atoms with van der Waals surface area (Å²) >= 11 is 0. The van der Waals surface area contributed by atoms with Crippen molar-refractivity contribution in [1.82, 2.24) is 4.90 Å². The molecule has 1 aliphatic rings. The van der Waals surface area contributed by atoms with Crippen molar-refractivity contribution in [3.63, 3.8) is 0 Å². The molecule has 3 nitrogen and oxygen atoms in total. The van der Waals surface area contributed by atoms with E-state index in [1.165, 1.54) is 0 Å². The Morgan fingerprint density at radius 2 is 1.85 bits per heavy atom. The van der Waals surface area contributed by atoms with Gasteiger partial charge in [0.25, 0.3) is 0 Å². The molecule has 0 bridgehead atoms.